The average molecular weight is 213 g/mol. The van der Waals surface area contributed by atoms with E-state index in [0.717, 1.165) is 25.7 Å². The summed E-state index contributed by atoms with van der Waals surface area (Å²) in [6.45, 7) is 0.273. The van der Waals surface area contributed by atoms with E-state index < -0.39 is 5.97 Å². The van der Waals surface area contributed by atoms with Gasteiger partial charge in [0.2, 0.25) is 0 Å². The fraction of sp³-hybridized carbons (Fsp3) is 0.800. The van der Waals surface area contributed by atoms with Crippen molar-refractivity contribution < 1.29 is 19.4 Å². The average Bonchev–Trinajstić information content (AvgIpc) is 2.50. The van der Waals surface area contributed by atoms with Crippen LogP contribution in [-0.2, 0) is 9.53 Å². The molecule has 5 nitrogen and oxygen atoms in total. The second-order valence-electron chi connectivity index (χ2n) is 4.11. The zero-order valence-corrected chi connectivity index (χ0v) is 8.52. The van der Waals surface area contributed by atoms with Gasteiger partial charge in [-0.2, -0.15) is 0 Å². The standard InChI is InChI=1S/C10H15NO4/c12-9(13)5-6-11-7-3-1-2-4-8(7)15-10(11)14/h7-8H,1-6H2,(H,12,13). The second kappa shape index (κ2) is 4.08. The summed E-state index contributed by atoms with van der Waals surface area (Å²) in [5.74, 6) is -0.873. The lowest BCUT2D eigenvalue weighted by Crippen LogP contribution is -2.39. The third kappa shape index (κ3) is 2.06. The number of carbonyl (C=O) groups is 2. The van der Waals surface area contributed by atoms with Crippen molar-refractivity contribution in [2.24, 2.45) is 0 Å². The molecular weight excluding hydrogens is 198 g/mol. The Balaban J connectivity index is 1.97. The summed E-state index contributed by atoms with van der Waals surface area (Å²) in [6, 6.07) is 0.116. The maximum atomic E-state index is 11.5. The Bertz CT molecular complexity index is 279. The monoisotopic (exact) mass is 213 g/mol. The largest absolute Gasteiger partial charge is 0.481 e. The molecule has 2 atom stereocenters. The number of carbonyl (C=O) groups excluding carboxylic acids is 1. The topological polar surface area (TPSA) is 66.8 Å². The third-order valence-corrected chi connectivity index (χ3v) is 3.12. The fourth-order valence-electron chi connectivity index (χ4n) is 2.38. The summed E-state index contributed by atoms with van der Waals surface area (Å²) in [4.78, 5) is 23.5. The van der Waals surface area contributed by atoms with Crippen LogP contribution in [0.2, 0.25) is 0 Å². The van der Waals surface area contributed by atoms with E-state index in [1.54, 1.807) is 4.90 Å². The minimum Gasteiger partial charge on any atom is -0.481 e. The molecule has 0 aromatic carbocycles. The molecule has 0 radical (unpaired) electrons. The number of nitrogens with zero attached hydrogens (tertiary/aromatic N) is 1. The Labute approximate surface area is 88.0 Å². The van der Waals surface area contributed by atoms with Gasteiger partial charge in [0, 0.05) is 6.54 Å². The molecule has 0 spiro atoms. The highest BCUT2D eigenvalue weighted by Gasteiger charge is 2.42. The van der Waals surface area contributed by atoms with E-state index in [9.17, 15) is 9.59 Å². The van der Waals surface area contributed by atoms with E-state index in [-0.39, 0.29) is 31.2 Å². The first-order valence-electron chi connectivity index (χ1n) is 5.37. The molecule has 0 aromatic rings. The van der Waals surface area contributed by atoms with Crippen LogP contribution < -0.4 is 0 Å². The van der Waals surface area contributed by atoms with Gasteiger partial charge in [-0.3, -0.25) is 4.79 Å². The number of aliphatic carboxylic acids is 1. The van der Waals surface area contributed by atoms with Crippen molar-refractivity contribution in [3.05, 3.63) is 0 Å². The zero-order valence-electron chi connectivity index (χ0n) is 8.52. The van der Waals surface area contributed by atoms with Gasteiger partial charge in [-0.25, -0.2) is 4.79 Å². The van der Waals surface area contributed by atoms with Gasteiger partial charge in [-0.15, -0.1) is 0 Å². The van der Waals surface area contributed by atoms with Gasteiger partial charge in [0.25, 0.3) is 0 Å². The quantitative estimate of drug-likeness (QED) is 0.765. The zero-order chi connectivity index (χ0) is 10.8. The highest BCUT2D eigenvalue weighted by Crippen LogP contribution is 2.31. The Kier molecular flexibility index (Phi) is 2.79. The molecule has 1 saturated heterocycles. The van der Waals surface area contributed by atoms with Crippen molar-refractivity contribution in [1.82, 2.24) is 4.90 Å². The Hall–Kier alpha value is -1.26. The molecule has 1 saturated carbocycles. The first kappa shape index (κ1) is 10.3. The molecule has 5 heteroatoms. The number of rotatable bonds is 3. The van der Waals surface area contributed by atoms with Gasteiger partial charge in [-0.1, -0.05) is 6.42 Å². The van der Waals surface area contributed by atoms with E-state index in [4.69, 9.17) is 9.84 Å². The van der Waals surface area contributed by atoms with Crippen LogP contribution >= 0.6 is 0 Å². The molecule has 1 aliphatic heterocycles. The number of hydrogen-bond acceptors (Lipinski definition) is 3. The summed E-state index contributed by atoms with van der Waals surface area (Å²) in [5, 5.41) is 8.58. The first-order valence-corrected chi connectivity index (χ1v) is 5.37. The van der Waals surface area contributed by atoms with Crippen LogP contribution in [0.5, 0.6) is 0 Å². The summed E-state index contributed by atoms with van der Waals surface area (Å²) in [6.07, 6.45) is 3.71. The molecule has 15 heavy (non-hydrogen) atoms. The van der Waals surface area contributed by atoms with E-state index in [1.165, 1.54) is 0 Å². The number of carboxylic acid groups (broad SMARTS) is 1. The van der Waals surface area contributed by atoms with Crippen molar-refractivity contribution in [3.63, 3.8) is 0 Å². The maximum absolute atomic E-state index is 11.5. The summed E-state index contributed by atoms with van der Waals surface area (Å²) >= 11 is 0. The van der Waals surface area contributed by atoms with Crippen LogP contribution in [0.4, 0.5) is 4.79 Å². The van der Waals surface area contributed by atoms with Gasteiger partial charge in [0.1, 0.15) is 6.10 Å². The van der Waals surface area contributed by atoms with E-state index >= 15 is 0 Å². The predicted octanol–water partition coefficient (Wildman–Crippen LogP) is 1.22. The fourth-order valence-corrected chi connectivity index (χ4v) is 2.38. The number of carboxylic acids is 1. The highest BCUT2D eigenvalue weighted by atomic mass is 16.6. The van der Waals surface area contributed by atoms with Crippen LogP contribution in [0.25, 0.3) is 0 Å². The predicted molar refractivity (Wildman–Crippen MR) is 51.5 cm³/mol. The molecule has 0 aromatic heterocycles. The second-order valence-corrected chi connectivity index (χ2v) is 4.11. The van der Waals surface area contributed by atoms with E-state index in [2.05, 4.69) is 0 Å². The Morgan fingerprint density at radius 1 is 1.47 bits per heavy atom. The van der Waals surface area contributed by atoms with Crippen molar-refractivity contribution in [2.75, 3.05) is 6.54 Å². The number of ether oxygens (including phenoxy) is 1. The molecule has 1 heterocycles. The van der Waals surface area contributed by atoms with Gasteiger partial charge in [-0.05, 0) is 19.3 Å². The third-order valence-electron chi connectivity index (χ3n) is 3.12. The van der Waals surface area contributed by atoms with Crippen molar-refractivity contribution in [1.29, 1.82) is 0 Å². The van der Waals surface area contributed by atoms with Gasteiger partial charge in [0.05, 0.1) is 12.5 Å². The molecular formula is C10H15NO4. The van der Waals surface area contributed by atoms with Crippen LogP contribution in [0.15, 0.2) is 0 Å². The smallest absolute Gasteiger partial charge is 0.410 e. The molecule has 1 aliphatic carbocycles. The maximum Gasteiger partial charge on any atom is 0.410 e. The molecule has 1 amide bonds. The summed E-state index contributed by atoms with van der Waals surface area (Å²) < 4.78 is 5.20. The highest BCUT2D eigenvalue weighted by molar-refractivity contribution is 5.72. The minimum absolute atomic E-state index is 0.0000416. The lowest BCUT2D eigenvalue weighted by atomic mass is 9.92. The summed E-state index contributed by atoms with van der Waals surface area (Å²) in [7, 11) is 0. The molecule has 84 valence electrons. The Morgan fingerprint density at radius 3 is 2.93 bits per heavy atom. The molecule has 2 fully saturated rings. The van der Waals surface area contributed by atoms with E-state index in [0.29, 0.717) is 0 Å². The summed E-state index contributed by atoms with van der Waals surface area (Å²) in [5.41, 5.74) is 0. The van der Waals surface area contributed by atoms with Crippen molar-refractivity contribution in [2.45, 2.75) is 44.2 Å². The van der Waals surface area contributed by atoms with Gasteiger partial charge >= 0.3 is 12.1 Å². The first-order chi connectivity index (χ1) is 7.18. The lowest BCUT2D eigenvalue weighted by molar-refractivity contribution is -0.137. The molecule has 2 unspecified atom stereocenters. The van der Waals surface area contributed by atoms with Crippen LogP contribution in [0, 0.1) is 0 Å². The Morgan fingerprint density at radius 2 is 2.20 bits per heavy atom. The molecule has 2 aliphatic rings. The number of fused-ring (bicyclic) bond motifs is 1. The lowest BCUT2D eigenvalue weighted by Gasteiger charge is -2.27. The van der Waals surface area contributed by atoms with Gasteiger partial charge < -0.3 is 14.7 Å². The van der Waals surface area contributed by atoms with Crippen molar-refractivity contribution in [3.8, 4) is 0 Å². The minimum atomic E-state index is -0.873. The molecule has 2 rings (SSSR count). The van der Waals surface area contributed by atoms with Gasteiger partial charge in [0.15, 0.2) is 0 Å². The van der Waals surface area contributed by atoms with Crippen LogP contribution in [-0.4, -0.2) is 40.8 Å². The number of hydrogen-bond donors (Lipinski definition) is 1. The molecule has 1 N–H and O–H groups in total. The normalized spacial score (nSPS) is 29.9. The van der Waals surface area contributed by atoms with Crippen molar-refractivity contribution >= 4 is 12.1 Å². The van der Waals surface area contributed by atoms with E-state index in [1.807, 2.05) is 0 Å². The van der Waals surface area contributed by atoms with Crippen LogP contribution in [0.3, 0.4) is 0 Å². The van der Waals surface area contributed by atoms with Crippen LogP contribution in [0.1, 0.15) is 32.1 Å². The number of amides is 1. The SMILES string of the molecule is O=C(O)CCN1C(=O)OC2CCCCC21. The molecule has 0 bridgehead atoms.